The SMILES string of the molecule is COc1cc2c(cc1OC(C)C)CN(c1ccc(N(C)C(=O)OC(C)(C)C)cc1)C(=O)C2. The molecule has 0 aliphatic carbocycles. The quantitative estimate of drug-likeness (QED) is 0.659. The fourth-order valence-corrected chi connectivity index (χ4v) is 3.51. The van der Waals surface area contributed by atoms with Gasteiger partial charge in [-0.1, -0.05) is 0 Å². The summed E-state index contributed by atoms with van der Waals surface area (Å²) >= 11 is 0. The zero-order chi connectivity index (χ0) is 23.6. The van der Waals surface area contributed by atoms with E-state index >= 15 is 0 Å². The number of methoxy groups -OCH3 is 1. The van der Waals surface area contributed by atoms with Crippen molar-refractivity contribution in [2.24, 2.45) is 0 Å². The second kappa shape index (κ2) is 9.10. The first-order valence-corrected chi connectivity index (χ1v) is 10.7. The van der Waals surface area contributed by atoms with E-state index in [1.54, 1.807) is 19.1 Å². The van der Waals surface area contributed by atoms with Gasteiger partial charge in [-0.25, -0.2) is 4.79 Å². The lowest BCUT2D eigenvalue weighted by molar-refractivity contribution is -0.118. The first-order valence-electron chi connectivity index (χ1n) is 10.7. The van der Waals surface area contributed by atoms with Gasteiger partial charge in [0.25, 0.3) is 0 Å². The fourth-order valence-electron chi connectivity index (χ4n) is 3.51. The highest BCUT2D eigenvalue weighted by Gasteiger charge is 2.27. The Hall–Kier alpha value is -3.22. The predicted octanol–water partition coefficient (Wildman–Crippen LogP) is 4.94. The van der Waals surface area contributed by atoms with E-state index in [0.29, 0.717) is 23.7 Å². The molecule has 7 nitrogen and oxygen atoms in total. The third-order valence-corrected chi connectivity index (χ3v) is 5.04. The summed E-state index contributed by atoms with van der Waals surface area (Å²) in [6.45, 7) is 9.85. The summed E-state index contributed by atoms with van der Waals surface area (Å²) in [5, 5.41) is 0. The second-order valence-corrected chi connectivity index (χ2v) is 9.15. The summed E-state index contributed by atoms with van der Waals surface area (Å²) in [5.41, 5.74) is 2.85. The van der Waals surface area contributed by atoms with Crippen LogP contribution in [0.5, 0.6) is 11.5 Å². The Morgan fingerprint density at radius 1 is 1.06 bits per heavy atom. The minimum atomic E-state index is -0.570. The number of fused-ring (bicyclic) bond motifs is 1. The number of hydrogen-bond donors (Lipinski definition) is 0. The summed E-state index contributed by atoms with van der Waals surface area (Å²) in [5.74, 6) is 1.31. The van der Waals surface area contributed by atoms with E-state index in [1.807, 2.05) is 71.0 Å². The van der Waals surface area contributed by atoms with Crippen LogP contribution in [-0.4, -0.2) is 37.9 Å². The van der Waals surface area contributed by atoms with Crippen molar-refractivity contribution in [3.05, 3.63) is 47.5 Å². The van der Waals surface area contributed by atoms with E-state index in [0.717, 1.165) is 16.8 Å². The van der Waals surface area contributed by atoms with Gasteiger partial charge in [0, 0.05) is 18.4 Å². The van der Waals surface area contributed by atoms with Gasteiger partial charge in [0.05, 0.1) is 26.2 Å². The smallest absolute Gasteiger partial charge is 0.414 e. The number of carbonyl (C=O) groups is 2. The summed E-state index contributed by atoms with van der Waals surface area (Å²) in [6, 6.07) is 11.1. The van der Waals surface area contributed by atoms with E-state index in [2.05, 4.69) is 0 Å². The Balaban J connectivity index is 1.81. The molecule has 0 saturated heterocycles. The van der Waals surface area contributed by atoms with Crippen molar-refractivity contribution in [2.75, 3.05) is 24.0 Å². The number of hydrogen-bond acceptors (Lipinski definition) is 5. The minimum absolute atomic E-state index is 0.00493. The average Bonchev–Trinajstić information content (AvgIpc) is 2.71. The predicted molar refractivity (Wildman–Crippen MR) is 125 cm³/mol. The average molecular weight is 441 g/mol. The van der Waals surface area contributed by atoms with Gasteiger partial charge in [-0.3, -0.25) is 9.69 Å². The molecule has 3 rings (SSSR count). The molecule has 0 N–H and O–H groups in total. The fraction of sp³-hybridized carbons (Fsp3) is 0.440. The van der Waals surface area contributed by atoms with Crippen LogP contribution >= 0.6 is 0 Å². The lowest BCUT2D eigenvalue weighted by Crippen LogP contribution is -2.36. The number of amides is 2. The van der Waals surface area contributed by atoms with Crippen LogP contribution in [0.4, 0.5) is 16.2 Å². The van der Waals surface area contributed by atoms with E-state index < -0.39 is 11.7 Å². The van der Waals surface area contributed by atoms with Crippen molar-refractivity contribution in [3.8, 4) is 11.5 Å². The lowest BCUT2D eigenvalue weighted by Gasteiger charge is -2.30. The van der Waals surface area contributed by atoms with Gasteiger partial charge in [0.15, 0.2) is 11.5 Å². The van der Waals surface area contributed by atoms with Crippen LogP contribution in [0.25, 0.3) is 0 Å². The molecular formula is C25H32N2O5. The molecule has 1 heterocycles. The maximum Gasteiger partial charge on any atom is 0.414 e. The zero-order valence-electron chi connectivity index (χ0n) is 19.9. The normalized spacial score (nSPS) is 13.6. The summed E-state index contributed by atoms with van der Waals surface area (Å²) < 4.78 is 16.8. The zero-order valence-corrected chi connectivity index (χ0v) is 19.9. The lowest BCUT2D eigenvalue weighted by atomic mass is 9.97. The monoisotopic (exact) mass is 440 g/mol. The van der Waals surface area contributed by atoms with Gasteiger partial charge in [0.1, 0.15) is 5.60 Å². The van der Waals surface area contributed by atoms with Gasteiger partial charge in [-0.2, -0.15) is 0 Å². The highest BCUT2D eigenvalue weighted by Crippen LogP contribution is 2.36. The van der Waals surface area contributed by atoms with Crippen molar-refractivity contribution < 1.29 is 23.8 Å². The van der Waals surface area contributed by atoms with Crippen molar-refractivity contribution in [1.29, 1.82) is 0 Å². The molecule has 0 bridgehead atoms. The number of nitrogens with zero attached hydrogens (tertiary/aromatic N) is 2. The molecule has 2 aromatic carbocycles. The standard InChI is InChI=1S/C25H32N2O5/c1-16(2)31-22-13-18-15-27(23(28)14-17(18)12-21(22)30-7)20-10-8-19(9-11-20)26(6)24(29)32-25(3,4)5/h8-13,16H,14-15H2,1-7H3. The van der Waals surface area contributed by atoms with Crippen molar-refractivity contribution in [2.45, 2.75) is 59.3 Å². The molecule has 32 heavy (non-hydrogen) atoms. The number of anilines is 2. The molecule has 7 heteroatoms. The number of benzene rings is 2. The molecular weight excluding hydrogens is 408 g/mol. The van der Waals surface area contributed by atoms with E-state index in [1.165, 1.54) is 4.90 Å². The first-order chi connectivity index (χ1) is 15.0. The summed E-state index contributed by atoms with van der Waals surface area (Å²) in [6.07, 6.45) is -0.134. The maximum atomic E-state index is 12.9. The van der Waals surface area contributed by atoms with Gasteiger partial charge in [-0.15, -0.1) is 0 Å². The third-order valence-electron chi connectivity index (χ3n) is 5.04. The molecule has 172 valence electrons. The topological polar surface area (TPSA) is 68.3 Å². The molecule has 0 spiro atoms. The Morgan fingerprint density at radius 2 is 1.69 bits per heavy atom. The number of carbonyl (C=O) groups excluding carboxylic acids is 2. The van der Waals surface area contributed by atoms with Crippen LogP contribution in [0.1, 0.15) is 45.7 Å². The van der Waals surface area contributed by atoms with Crippen LogP contribution in [-0.2, 0) is 22.5 Å². The highest BCUT2D eigenvalue weighted by atomic mass is 16.6. The molecule has 0 radical (unpaired) electrons. The Morgan fingerprint density at radius 3 is 2.25 bits per heavy atom. The Bertz CT molecular complexity index is 993. The van der Waals surface area contributed by atoms with Gasteiger partial charge < -0.3 is 19.1 Å². The van der Waals surface area contributed by atoms with Crippen LogP contribution in [0.15, 0.2) is 36.4 Å². The van der Waals surface area contributed by atoms with Crippen molar-refractivity contribution in [3.63, 3.8) is 0 Å². The van der Waals surface area contributed by atoms with Crippen LogP contribution in [0.2, 0.25) is 0 Å². The van der Waals surface area contributed by atoms with Crippen molar-refractivity contribution in [1.82, 2.24) is 0 Å². The minimum Gasteiger partial charge on any atom is -0.493 e. The van der Waals surface area contributed by atoms with Crippen LogP contribution in [0.3, 0.4) is 0 Å². The van der Waals surface area contributed by atoms with Crippen LogP contribution < -0.4 is 19.3 Å². The second-order valence-electron chi connectivity index (χ2n) is 9.15. The number of ether oxygens (including phenoxy) is 3. The summed E-state index contributed by atoms with van der Waals surface area (Å²) in [7, 11) is 3.26. The molecule has 0 saturated carbocycles. The molecule has 1 aliphatic heterocycles. The largest absolute Gasteiger partial charge is 0.493 e. The molecule has 0 atom stereocenters. The van der Waals surface area contributed by atoms with Crippen molar-refractivity contribution >= 4 is 23.4 Å². The highest BCUT2D eigenvalue weighted by molar-refractivity contribution is 5.97. The molecule has 0 unspecified atom stereocenters. The maximum absolute atomic E-state index is 12.9. The third kappa shape index (κ3) is 5.33. The first kappa shape index (κ1) is 23.4. The molecule has 0 fully saturated rings. The van der Waals surface area contributed by atoms with Gasteiger partial charge in [-0.05, 0) is 82.1 Å². The van der Waals surface area contributed by atoms with Crippen LogP contribution in [0, 0.1) is 0 Å². The Kier molecular flexibility index (Phi) is 6.67. The molecule has 1 aliphatic rings. The van der Waals surface area contributed by atoms with E-state index in [9.17, 15) is 9.59 Å². The Labute approximate surface area is 189 Å². The molecule has 2 aromatic rings. The van der Waals surface area contributed by atoms with Gasteiger partial charge in [0.2, 0.25) is 5.91 Å². The number of rotatable bonds is 5. The molecule has 0 aromatic heterocycles. The van der Waals surface area contributed by atoms with E-state index in [4.69, 9.17) is 14.2 Å². The van der Waals surface area contributed by atoms with Gasteiger partial charge >= 0.3 is 6.09 Å². The molecule has 2 amide bonds. The van der Waals surface area contributed by atoms with E-state index in [-0.39, 0.29) is 18.4 Å². The summed E-state index contributed by atoms with van der Waals surface area (Å²) in [4.78, 5) is 28.4.